The number of anilines is 2. The third-order valence-corrected chi connectivity index (χ3v) is 4.62. The molecule has 0 unspecified atom stereocenters. The summed E-state index contributed by atoms with van der Waals surface area (Å²) in [6.07, 6.45) is 3.04. The molecule has 0 bridgehead atoms. The molecule has 0 radical (unpaired) electrons. The molecule has 1 aromatic carbocycles. The second-order valence-electron chi connectivity index (χ2n) is 7.01. The third-order valence-electron chi connectivity index (χ3n) is 4.62. The van der Waals surface area contributed by atoms with Gasteiger partial charge in [-0.15, -0.1) is 0 Å². The number of hydrogen-bond donors (Lipinski definition) is 3. The van der Waals surface area contributed by atoms with Crippen LogP contribution in [0.4, 0.5) is 11.8 Å². The second-order valence-corrected chi connectivity index (χ2v) is 7.01. The van der Waals surface area contributed by atoms with Gasteiger partial charge in [-0.1, -0.05) is 36.4 Å². The number of nitrogens with one attached hydrogen (secondary N) is 3. The maximum absolute atomic E-state index is 13.2. The Morgan fingerprint density at radius 2 is 1.90 bits per heavy atom. The Labute approximate surface area is 177 Å². The van der Waals surface area contributed by atoms with Gasteiger partial charge in [0.05, 0.1) is 6.21 Å². The number of fused-ring (bicyclic) bond motifs is 1. The van der Waals surface area contributed by atoms with Crippen LogP contribution in [0.1, 0.15) is 22.4 Å². The van der Waals surface area contributed by atoms with E-state index < -0.39 is 0 Å². The lowest BCUT2D eigenvalue weighted by Gasteiger charge is -2.12. The third kappa shape index (κ3) is 4.50. The molecule has 0 saturated carbocycles. The van der Waals surface area contributed by atoms with Gasteiger partial charge in [0.15, 0.2) is 0 Å². The van der Waals surface area contributed by atoms with Crippen molar-refractivity contribution < 1.29 is 0 Å². The number of aromatic amines is 1. The molecular weight excluding hydrogens is 394 g/mol. The van der Waals surface area contributed by atoms with Gasteiger partial charge in [-0.05, 0) is 31.0 Å². The monoisotopic (exact) mass is 415 g/mol. The number of rotatable bonds is 6. The molecule has 9 nitrogen and oxygen atoms in total. The van der Waals surface area contributed by atoms with Crippen molar-refractivity contribution in [3.63, 3.8) is 0 Å². The number of pyridine rings is 1. The molecule has 0 fully saturated rings. The van der Waals surface area contributed by atoms with Crippen LogP contribution in [0.25, 0.3) is 5.65 Å². The van der Waals surface area contributed by atoms with Gasteiger partial charge in [0, 0.05) is 24.5 Å². The van der Waals surface area contributed by atoms with E-state index in [-0.39, 0.29) is 22.6 Å². The van der Waals surface area contributed by atoms with Gasteiger partial charge >= 0.3 is 0 Å². The smallest absolute Gasteiger partial charge is 0.268 e. The van der Waals surface area contributed by atoms with Crippen LogP contribution >= 0.6 is 0 Å². The number of nitrogens with zero attached hydrogens (tertiary/aromatic N) is 4. The van der Waals surface area contributed by atoms with Crippen LogP contribution in [0.3, 0.4) is 0 Å². The minimum atomic E-state index is -0.293. The molecule has 0 amide bonds. The fourth-order valence-corrected chi connectivity index (χ4v) is 3.13. The maximum Gasteiger partial charge on any atom is 0.268 e. The molecule has 0 aliphatic carbocycles. The van der Waals surface area contributed by atoms with Crippen LogP contribution in [-0.4, -0.2) is 25.6 Å². The Morgan fingerprint density at radius 1 is 1.10 bits per heavy atom. The molecule has 0 atom stereocenters. The highest BCUT2D eigenvalue weighted by Crippen LogP contribution is 2.13. The molecule has 9 heteroatoms. The standard InChI is InChI=1S/C22H21N7O2/c1-14-7-6-10-29-20(14)27-19(23-12-16-8-4-3-5-9-16)17(21(29)31)13-24-28-22-25-15(2)11-18(30)26-22/h3-11,13,23H,12H2,1-2H3,(H2,25,26,28,30)/b24-13+. The number of hydrogen-bond acceptors (Lipinski definition) is 7. The summed E-state index contributed by atoms with van der Waals surface area (Å²) in [4.78, 5) is 36.1. The number of aromatic nitrogens is 4. The number of aryl methyl sites for hydroxylation is 2. The SMILES string of the molecule is Cc1cc(=O)[nH]c(N/N=C/c2c(NCc3ccccc3)nc3c(C)cccn3c2=O)n1. The zero-order chi connectivity index (χ0) is 21.8. The average molecular weight is 415 g/mol. The molecule has 0 aliphatic rings. The molecule has 4 aromatic rings. The van der Waals surface area contributed by atoms with Crippen LogP contribution in [0.15, 0.2) is 69.4 Å². The lowest BCUT2D eigenvalue weighted by atomic mass is 10.2. The first-order chi connectivity index (χ1) is 15.0. The minimum absolute atomic E-state index is 0.185. The molecule has 3 aromatic heterocycles. The van der Waals surface area contributed by atoms with Gasteiger partial charge in [0.2, 0.25) is 5.95 Å². The molecule has 31 heavy (non-hydrogen) atoms. The van der Waals surface area contributed by atoms with Gasteiger partial charge in [0.1, 0.15) is 17.0 Å². The van der Waals surface area contributed by atoms with Crippen molar-refractivity contribution >= 4 is 23.6 Å². The Balaban J connectivity index is 1.71. The van der Waals surface area contributed by atoms with Crippen molar-refractivity contribution in [2.45, 2.75) is 20.4 Å². The summed E-state index contributed by atoms with van der Waals surface area (Å²) in [6, 6.07) is 14.9. The topological polar surface area (TPSA) is 117 Å². The minimum Gasteiger partial charge on any atom is -0.365 e. The normalized spacial score (nSPS) is 11.2. The van der Waals surface area contributed by atoms with E-state index in [9.17, 15) is 9.59 Å². The first-order valence-electron chi connectivity index (χ1n) is 9.68. The highest BCUT2D eigenvalue weighted by molar-refractivity contribution is 5.87. The van der Waals surface area contributed by atoms with Crippen molar-refractivity contribution in [1.82, 2.24) is 19.4 Å². The van der Waals surface area contributed by atoms with E-state index in [0.717, 1.165) is 11.1 Å². The van der Waals surface area contributed by atoms with Gasteiger partial charge in [-0.3, -0.25) is 19.0 Å². The van der Waals surface area contributed by atoms with Crippen LogP contribution in [-0.2, 0) is 6.54 Å². The summed E-state index contributed by atoms with van der Waals surface area (Å²) >= 11 is 0. The predicted molar refractivity (Wildman–Crippen MR) is 121 cm³/mol. The van der Waals surface area contributed by atoms with Crippen LogP contribution in [0.5, 0.6) is 0 Å². The Hall–Kier alpha value is -4.27. The van der Waals surface area contributed by atoms with E-state index in [1.165, 1.54) is 16.7 Å². The summed E-state index contributed by atoms with van der Waals surface area (Å²) in [6.45, 7) is 4.10. The van der Waals surface area contributed by atoms with Crippen LogP contribution in [0, 0.1) is 13.8 Å². The van der Waals surface area contributed by atoms with Crippen molar-refractivity contribution in [3.05, 3.63) is 97.8 Å². The average Bonchev–Trinajstić information content (AvgIpc) is 2.75. The lowest BCUT2D eigenvalue weighted by Crippen LogP contribution is -2.23. The van der Waals surface area contributed by atoms with Gasteiger partial charge in [-0.2, -0.15) is 5.10 Å². The fraction of sp³-hybridized carbons (Fsp3) is 0.136. The highest BCUT2D eigenvalue weighted by Gasteiger charge is 2.12. The second kappa shape index (κ2) is 8.62. The van der Waals surface area contributed by atoms with Crippen molar-refractivity contribution in [1.29, 1.82) is 0 Å². The summed E-state index contributed by atoms with van der Waals surface area (Å²) in [5, 5.41) is 7.34. The molecule has 0 spiro atoms. The van der Waals surface area contributed by atoms with E-state index in [4.69, 9.17) is 0 Å². The van der Waals surface area contributed by atoms with E-state index in [1.807, 2.05) is 43.3 Å². The van der Waals surface area contributed by atoms with E-state index in [1.54, 1.807) is 19.2 Å². The van der Waals surface area contributed by atoms with Gasteiger partial charge < -0.3 is 5.32 Å². The maximum atomic E-state index is 13.2. The largest absolute Gasteiger partial charge is 0.365 e. The van der Waals surface area contributed by atoms with Crippen molar-refractivity contribution in [2.75, 3.05) is 10.7 Å². The number of hydrazone groups is 1. The molecular formula is C22H21N7O2. The zero-order valence-corrected chi connectivity index (χ0v) is 17.1. The molecule has 3 N–H and O–H groups in total. The summed E-state index contributed by atoms with van der Waals surface area (Å²) in [5.74, 6) is 0.601. The van der Waals surface area contributed by atoms with Crippen LogP contribution in [0.2, 0.25) is 0 Å². The van der Waals surface area contributed by atoms with E-state index in [2.05, 4.69) is 30.8 Å². The Bertz CT molecular complexity index is 1370. The summed E-state index contributed by atoms with van der Waals surface area (Å²) in [5.41, 5.74) is 5.43. The fourth-order valence-electron chi connectivity index (χ4n) is 3.13. The van der Waals surface area contributed by atoms with Crippen molar-refractivity contribution in [3.8, 4) is 0 Å². The van der Waals surface area contributed by atoms with Gasteiger partial charge in [-0.25, -0.2) is 15.4 Å². The first-order valence-corrected chi connectivity index (χ1v) is 9.68. The Kier molecular flexibility index (Phi) is 5.57. The molecule has 0 saturated heterocycles. The van der Waals surface area contributed by atoms with Crippen LogP contribution < -0.4 is 21.9 Å². The van der Waals surface area contributed by atoms with Gasteiger partial charge in [0.25, 0.3) is 11.1 Å². The highest BCUT2D eigenvalue weighted by atomic mass is 16.1. The number of benzene rings is 1. The van der Waals surface area contributed by atoms with E-state index >= 15 is 0 Å². The quantitative estimate of drug-likeness (QED) is 0.329. The molecule has 156 valence electrons. The number of H-pyrrole nitrogens is 1. The molecule has 4 rings (SSSR count). The lowest BCUT2D eigenvalue weighted by molar-refractivity contribution is 1.01. The predicted octanol–water partition coefficient (Wildman–Crippen LogP) is 2.45. The first kappa shape index (κ1) is 20.0. The molecule has 3 heterocycles. The zero-order valence-electron chi connectivity index (χ0n) is 17.1. The molecule has 0 aliphatic heterocycles. The van der Waals surface area contributed by atoms with Crippen molar-refractivity contribution in [2.24, 2.45) is 5.10 Å². The Morgan fingerprint density at radius 3 is 2.68 bits per heavy atom. The van der Waals surface area contributed by atoms with E-state index in [0.29, 0.717) is 23.7 Å². The summed E-state index contributed by atoms with van der Waals surface area (Å²) < 4.78 is 1.48. The summed E-state index contributed by atoms with van der Waals surface area (Å²) in [7, 11) is 0.